The highest BCUT2D eigenvalue weighted by Crippen LogP contribution is 2.34. The van der Waals surface area contributed by atoms with Crippen LogP contribution in [0.3, 0.4) is 0 Å². The molecule has 1 atom stereocenters. The van der Waals surface area contributed by atoms with Crippen LogP contribution in [0.15, 0.2) is 0 Å². The van der Waals surface area contributed by atoms with Crippen LogP contribution in [0.4, 0.5) is 0 Å². The Morgan fingerprint density at radius 2 is 2.06 bits per heavy atom. The summed E-state index contributed by atoms with van der Waals surface area (Å²) in [5.74, 6) is 0.0321. The lowest BCUT2D eigenvalue weighted by Crippen LogP contribution is -2.50. The maximum Gasteiger partial charge on any atom is 0.216 e. The minimum atomic E-state index is 0.0321. The van der Waals surface area contributed by atoms with Gasteiger partial charge in [0.15, 0.2) is 0 Å². The average molecular weight is 256 g/mol. The molecule has 0 saturated carbocycles. The van der Waals surface area contributed by atoms with E-state index in [2.05, 4.69) is 10.6 Å². The first-order valence-electron chi connectivity index (χ1n) is 6.90. The molecule has 1 unspecified atom stereocenters. The molecule has 2 fully saturated rings. The van der Waals surface area contributed by atoms with Gasteiger partial charge in [0.2, 0.25) is 5.91 Å². The molecule has 0 aliphatic carbocycles. The van der Waals surface area contributed by atoms with E-state index in [9.17, 15) is 4.79 Å². The normalized spacial score (nSPS) is 27.1. The molecule has 2 rings (SSSR count). The first-order chi connectivity index (χ1) is 8.70. The van der Waals surface area contributed by atoms with Crippen LogP contribution in [-0.2, 0) is 14.3 Å². The minimum absolute atomic E-state index is 0.0321. The second-order valence-electron chi connectivity index (χ2n) is 5.27. The number of carbonyl (C=O) groups is 1. The Bertz CT molecular complexity index is 272. The average Bonchev–Trinajstić information content (AvgIpc) is 2.36. The maximum absolute atomic E-state index is 10.8. The van der Waals surface area contributed by atoms with E-state index in [0.29, 0.717) is 12.6 Å². The van der Waals surface area contributed by atoms with Crippen molar-refractivity contribution in [1.82, 2.24) is 10.6 Å². The second kappa shape index (κ2) is 6.50. The molecule has 0 radical (unpaired) electrons. The number of amides is 1. The predicted octanol–water partition coefficient (Wildman–Crippen LogP) is 0.440. The molecular formula is C13H24N2O3. The Hall–Kier alpha value is -0.650. The summed E-state index contributed by atoms with van der Waals surface area (Å²) in [5, 5.41) is 6.32. The molecule has 2 N–H and O–H groups in total. The molecule has 104 valence electrons. The second-order valence-corrected chi connectivity index (χ2v) is 5.27. The third kappa shape index (κ3) is 3.93. The van der Waals surface area contributed by atoms with Gasteiger partial charge < -0.3 is 20.1 Å². The zero-order valence-electron chi connectivity index (χ0n) is 11.2. The van der Waals surface area contributed by atoms with E-state index in [1.807, 2.05) is 0 Å². The fraction of sp³-hybridized carbons (Fsp3) is 0.923. The molecular weight excluding hydrogens is 232 g/mol. The van der Waals surface area contributed by atoms with Gasteiger partial charge in [0, 0.05) is 45.9 Å². The molecule has 0 aromatic rings. The summed E-state index contributed by atoms with van der Waals surface area (Å²) in [4.78, 5) is 10.8. The smallest absolute Gasteiger partial charge is 0.216 e. The summed E-state index contributed by atoms with van der Waals surface area (Å²) < 4.78 is 11.4. The highest BCUT2D eigenvalue weighted by molar-refractivity contribution is 5.72. The van der Waals surface area contributed by atoms with Crippen LogP contribution in [-0.4, -0.2) is 50.5 Å². The Morgan fingerprint density at radius 1 is 1.28 bits per heavy atom. The molecule has 1 spiro atoms. The molecule has 2 aliphatic heterocycles. The molecule has 5 nitrogen and oxygen atoms in total. The van der Waals surface area contributed by atoms with Gasteiger partial charge >= 0.3 is 0 Å². The number of ether oxygens (including phenoxy) is 2. The van der Waals surface area contributed by atoms with Gasteiger partial charge in [-0.05, 0) is 25.7 Å². The summed E-state index contributed by atoms with van der Waals surface area (Å²) in [5.41, 5.74) is 0.0438. The lowest BCUT2D eigenvalue weighted by atomic mass is 9.84. The Morgan fingerprint density at radius 3 is 2.78 bits per heavy atom. The van der Waals surface area contributed by atoms with Crippen LogP contribution in [0.5, 0.6) is 0 Å². The van der Waals surface area contributed by atoms with Gasteiger partial charge in [-0.15, -0.1) is 0 Å². The molecule has 0 aromatic heterocycles. The van der Waals surface area contributed by atoms with Crippen LogP contribution in [0, 0.1) is 0 Å². The summed E-state index contributed by atoms with van der Waals surface area (Å²) in [6.07, 6.45) is 4.15. The van der Waals surface area contributed by atoms with E-state index >= 15 is 0 Å². The minimum Gasteiger partial charge on any atom is -0.381 e. The standard InChI is InChI=1S/C13H24N2O3/c1-11(16)14-5-6-15-12-2-7-18-13(10-12)3-8-17-9-4-13/h12,15H,2-10H2,1H3,(H,14,16). The number of hydrogen-bond donors (Lipinski definition) is 2. The van der Waals surface area contributed by atoms with Gasteiger partial charge in [-0.2, -0.15) is 0 Å². The predicted molar refractivity (Wildman–Crippen MR) is 68.4 cm³/mol. The third-order valence-electron chi connectivity index (χ3n) is 3.83. The molecule has 2 aliphatic rings. The number of carbonyl (C=O) groups excluding carboxylic acids is 1. The molecule has 18 heavy (non-hydrogen) atoms. The van der Waals surface area contributed by atoms with E-state index < -0.39 is 0 Å². The maximum atomic E-state index is 10.8. The van der Waals surface area contributed by atoms with Crippen LogP contribution >= 0.6 is 0 Å². The first-order valence-corrected chi connectivity index (χ1v) is 6.90. The molecule has 2 saturated heterocycles. The number of hydrogen-bond acceptors (Lipinski definition) is 4. The summed E-state index contributed by atoms with van der Waals surface area (Å²) in [6, 6.07) is 0.505. The van der Waals surface area contributed by atoms with Crippen molar-refractivity contribution < 1.29 is 14.3 Å². The summed E-state index contributed by atoms with van der Waals surface area (Å²) >= 11 is 0. The van der Waals surface area contributed by atoms with Crippen molar-refractivity contribution in [2.24, 2.45) is 0 Å². The van der Waals surface area contributed by atoms with Gasteiger partial charge in [-0.1, -0.05) is 0 Å². The van der Waals surface area contributed by atoms with E-state index in [-0.39, 0.29) is 11.5 Å². The Kier molecular flexibility index (Phi) is 4.97. The molecule has 0 aromatic carbocycles. The number of rotatable bonds is 4. The lowest BCUT2D eigenvalue weighted by molar-refractivity contribution is -0.140. The lowest BCUT2D eigenvalue weighted by Gasteiger charge is -2.43. The van der Waals surface area contributed by atoms with E-state index in [0.717, 1.165) is 52.0 Å². The molecule has 1 amide bonds. The topological polar surface area (TPSA) is 59.6 Å². The van der Waals surface area contributed by atoms with Crippen LogP contribution in [0.2, 0.25) is 0 Å². The van der Waals surface area contributed by atoms with E-state index in [4.69, 9.17) is 9.47 Å². The molecule has 0 bridgehead atoms. The highest BCUT2D eigenvalue weighted by atomic mass is 16.5. The zero-order valence-corrected chi connectivity index (χ0v) is 11.2. The van der Waals surface area contributed by atoms with Crippen molar-refractivity contribution in [1.29, 1.82) is 0 Å². The van der Waals surface area contributed by atoms with Crippen molar-refractivity contribution in [3.63, 3.8) is 0 Å². The van der Waals surface area contributed by atoms with Crippen LogP contribution < -0.4 is 10.6 Å². The van der Waals surface area contributed by atoms with Crippen molar-refractivity contribution in [2.45, 2.75) is 44.2 Å². The molecule has 5 heteroatoms. The van der Waals surface area contributed by atoms with E-state index in [1.165, 1.54) is 0 Å². The Labute approximate surface area is 109 Å². The van der Waals surface area contributed by atoms with Crippen molar-refractivity contribution in [3.8, 4) is 0 Å². The van der Waals surface area contributed by atoms with Gasteiger partial charge in [0.25, 0.3) is 0 Å². The summed E-state index contributed by atoms with van der Waals surface area (Å²) in [6.45, 7) is 5.54. The van der Waals surface area contributed by atoms with Crippen LogP contribution in [0.1, 0.15) is 32.6 Å². The fourth-order valence-corrected chi connectivity index (χ4v) is 2.81. The monoisotopic (exact) mass is 256 g/mol. The van der Waals surface area contributed by atoms with Gasteiger partial charge in [-0.3, -0.25) is 4.79 Å². The van der Waals surface area contributed by atoms with Crippen molar-refractivity contribution in [3.05, 3.63) is 0 Å². The first kappa shape index (κ1) is 13.8. The van der Waals surface area contributed by atoms with E-state index in [1.54, 1.807) is 6.92 Å². The summed E-state index contributed by atoms with van der Waals surface area (Å²) in [7, 11) is 0. The Balaban J connectivity index is 1.71. The highest BCUT2D eigenvalue weighted by Gasteiger charge is 2.38. The molecule has 2 heterocycles. The SMILES string of the molecule is CC(=O)NCCNC1CCOC2(CCOCC2)C1. The number of nitrogens with one attached hydrogen (secondary N) is 2. The quantitative estimate of drug-likeness (QED) is 0.717. The fourth-order valence-electron chi connectivity index (χ4n) is 2.81. The van der Waals surface area contributed by atoms with Gasteiger partial charge in [0.05, 0.1) is 5.60 Å². The van der Waals surface area contributed by atoms with Gasteiger partial charge in [-0.25, -0.2) is 0 Å². The largest absolute Gasteiger partial charge is 0.381 e. The van der Waals surface area contributed by atoms with Gasteiger partial charge in [0.1, 0.15) is 0 Å². The van der Waals surface area contributed by atoms with Crippen molar-refractivity contribution in [2.75, 3.05) is 32.9 Å². The van der Waals surface area contributed by atoms with Crippen molar-refractivity contribution >= 4 is 5.91 Å². The van der Waals surface area contributed by atoms with Crippen LogP contribution in [0.25, 0.3) is 0 Å². The zero-order chi connectivity index (χ0) is 12.8. The third-order valence-corrected chi connectivity index (χ3v) is 3.83.